The summed E-state index contributed by atoms with van der Waals surface area (Å²) >= 11 is 6.25. The molecule has 0 aromatic rings. The molecule has 1 aliphatic heterocycles. The Morgan fingerprint density at radius 2 is 1.93 bits per heavy atom. The Balaban J connectivity index is 1.69. The predicted molar refractivity (Wildman–Crippen MR) is 106 cm³/mol. The molecule has 27 heavy (non-hydrogen) atoms. The van der Waals surface area contributed by atoms with E-state index in [9.17, 15) is 9.18 Å². The van der Waals surface area contributed by atoms with Crippen LogP contribution < -0.4 is 21.5 Å². The Morgan fingerprint density at radius 3 is 2.63 bits per heavy atom. The van der Waals surface area contributed by atoms with Gasteiger partial charge in [0.25, 0.3) is 0 Å². The highest BCUT2D eigenvalue weighted by atomic mass is 35.5. The summed E-state index contributed by atoms with van der Waals surface area (Å²) < 4.78 is 13.7. The second-order valence-electron chi connectivity index (χ2n) is 9.22. The number of carbonyl (C=O) groups excluding carboxylic acids is 1. The van der Waals surface area contributed by atoms with Crippen LogP contribution in [0.1, 0.15) is 65.7 Å². The van der Waals surface area contributed by atoms with Gasteiger partial charge in [0.15, 0.2) is 5.96 Å². The smallest absolute Gasteiger partial charge is 0.229 e. The van der Waals surface area contributed by atoms with Crippen LogP contribution in [0.2, 0.25) is 0 Å². The fraction of sp³-hybridized carbons (Fsp3) is 0.895. The molecule has 6 nitrogen and oxygen atoms in total. The van der Waals surface area contributed by atoms with Gasteiger partial charge in [-0.2, -0.15) is 0 Å². The molecule has 8 heteroatoms. The van der Waals surface area contributed by atoms with Crippen LogP contribution in [0, 0.1) is 11.8 Å². The summed E-state index contributed by atoms with van der Waals surface area (Å²) in [5.41, 5.74) is 6.11. The van der Waals surface area contributed by atoms with Crippen molar-refractivity contribution in [3.63, 3.8) is 0 Å². The average Bonchev–Trinajstić information content (AvgIpc) is 2.95. The minimum absolute atomic E-state index is 0.0224. The van der Waals surface area contributed by atoms with Crippen LogP contribution in [0.5, 0.6) is 0 Å². The normalized spacial score (nSPS) is 37.6. The maximum absolute atomic E-state index is 13.7. The van der Waals surface area contributed by atoms with E-state index in [1.54, 1.807) is 0 Å². The molecule has 0 aromatic carbocycles. The monoisotopic (exact) mass is 401 g/mol. The van der Waals surface area contributed by atoms with Crippen LogP contribution in [0.4, 0.5) is 4.39 Å². The lowest BCUT2D eigenvalue weighted by atomic mass is 9.83. The average molecular weight is 402 g/mol. The molecular formula is C19H33ClFN5O. The van der Waals surface area contributed by atoms with Crippen molar-refractivity contribution >= 4 is 23.5 Å². The number of amides is 1. The molecule has 6 atom stereocenters. The predicted octanol–water partition coefficient (Wildman–Crippen LogP) is 2.59. The highest BCUT2D eigenvalue weighted by Crippen LogP contribution is 2.32. The molecule has 0 radical (unpaired) electrons. The van der Waals surface area contributed by atoms with Gasteiger partial charge in [-0.15, -0.1) is 11.6 Å². The number of aliphatic imine (C=N–C) groups is 1. The topological polar surface area (TPSA) is 77.6 Å². The molecule has 3 rings (SSSR count). The number of alkyl halides is 2. The summed E-state index contributed by atoms with van der Waals surface area (Å²) in [4.78, 5) is 17.5. The number of nitrogens with one attached hydrogen (secondary N) is 4. The van der Waals surface area contributed by atoms with Gasteiger partial charge in [-0.1, -0.05) is 6.42 Å². The molecule has 0 aromatic heterocycles. The first-order chi connectivity index (χ1) is 12.7. The van der Waals surface area contributed by atoms with E-state index in [1.807, 2.05) is 20.8 Å². The molecule has 0 spiro atoms. The Kier molecular flexibility index (Phi) is 6.64. The van der Waals surface area contributed by atoms with Gasteiger partial charge in [0.2, 0.25) is 5.91 Å². The standard InChI is InChI=1S/C19H33ClFN5O/c1-19(2,3)24-18(23-17(27)11-5-4-6-12(20)9-11)22-16-14-8-7-13(21)10-15(14)25-26-16/h11-16,25-26H,4-10H2,1-3H3,(H2,22,23,24,27). The first-order valence-corrected chi connectivity index (χ1v) is 10.6. The zero-order chi connectivity index (χ0) is 19.6. The van der Waals surface area contributed by atoms with Crippen molar-refractivity contribution < 1.29 is 9.18 Å². The van der Waals surface area contributed by atoms with Crippen molar-refractivity contribution in [3.05, 3.63) is 0 Å². The van der Waals surface area contributed by atoms with E-state index in [0.29, 0.717) is 25.2 Å². The van der Waals surface area contributed by atoms with Crippen molar-refractivity contribution in [3.8, 4) is 0 Å². The van der Waals surface area contributed by atoms with Crippen LogP contribution in [0.15, 0.2) is 4.99 Å². The maximum Gasteiger partial charge on any atom is 0.229 e. The number of hydrazine groups is 1. The van der Waals surface area contributed by atoms with Gasteiger partial charge < -0.3 is 5.32 Å². The lowest BCUT2D eigenvalue weighted by Gasteiger charge is -2.30. The largest absolute Gasteiger partial charge is 0.351 e. The van der Waals surface area contributed by atoms with Crippen molar-refractivity contribution in [1.29, 1.82) is 0 Å². The maximum atomic E-state index is 13.7. The SMILES string of the molecule is CC(C)(C)N/C(=N\C1NNC2CC(F)CCC21)NC(=O)C1CCCC(Cl)C1. The molecule has 3 fully saturated rings. The molecule has 1 saturated heterocycles. The van der Waals surface area contributed by atoms with E-state index >= 15 is 0 Å². The summed E-state index contributed by atoms with van der Waals surface area (Å²) in [6.07, 6.45) is 4.47. The Labute approximate surface area is 166 Å². The van der Waals surface area contributed by atoms with Crippen LogP contribution in [0.25, 0.3) is 0 Å². The second-order valence-corrected chi connectivity index (χ2v) is 9.83. The number of hydrogen-bond acceptors (Lipinski definition) is 4. The number of hydrogen-bond donors (Lipinski definition) is 4. The number of guanidine groups is 1. The molecule has 1 amide bonds. The molecule has 0 bridgehead atoms. The third-order valence-corrected chi connectivity index (χ3v) is 6.04. The van der Waals surface area contributed by atoms with Crippen molar-refractivity contribution in [1.82, 2.24) is 21.5 Å². The zero-order valence-corrected chi connectivity index (χ0v) is 17.3. The molecule has 4 N–H and O–H groups in total. The summed E-state index contributed by atoms with van der Waals surface area (Å²) in [6.45, 7) is 6.09. The minimum Gasteiger partial charge on any atom is -0.351 e. The molecule has 154 valence electrons. The van der Waals surface area contributed by atoms with Gasteiger partial charge in [-0.3, -0.25) is 15.5 Å². The fourth-order valence-corrected chi connectivity index (χ4v) is 4.66. The molecule has 2 saturated carbocycles. The van der Waals surface area contributed by atoms with Gasteiger partial charge in [-0.25, -0.2) is 14.8 Å². The molecule has 3 aliphatic rings. The number of fused-ring (bicyclic) bond motifs is 1. The fourth-order valence-electron chi connectivity index (χ4n) is 4.29. The van der Waals surface area contributed by atoms with E-state index in [2.05, 4.69) is 21.5 Å². The Bertz CT molecular complexity index is 567. The molecule has 1 heterocycles. The lowest BCUT2D eigenvalue weighted by Crippen LogP contribution is -2.52. The number of nitrogens with zero attached hydrogens (tertiary/aromatic N) is 1. The van der Waals surface area contributed by atoms with E-state index in [4.69, 9.17) is 16.6 Å². The van der Waals surface area contributed by atoms with E-state index < -0.39 is 6.17 Å². The summed E-state index contributed by atoms with van der Waals surface area (Å²) in [7, 11) is 0. The van der Waals surface area contributed by atoms with Gasteiger partial charge in [0.05, 0.1) is 0 Å². The Morgan fingerprint density at radius 1 is 1.15 bits per heavy atom. The number of halogens is 2. The quantitative estimate of drug-likeness (QED) is 0.326. The lowest BCUT2D eigenvalue weighted by molar-refractivity contribution is -0.124. The van der Waals surface area contributed by atoms with Gasteiger partial charge in [-0.05, 0) is 59.3 Å². The third-order valence-electron chi connectivity index (χ3n) is 5.65. The molecule has 2 aliphatic carbocycles. The van der Waals surface area contributed by atoms with Gasteiger partial charge >= 0.3 is 0 Å². The molecule has 6 unspecified atom stereocenters. The summed E-state index contributed by atoms with van der Waals surface area (Å²) in [6, 6.07) is 0.0874. The van der Waals surface area contributed by atoms with Crippen molar-refractivity contribution in [2.45, 2.75) is 95.0 Å². The van der Waals surface area contributed by atoms with Crippen LogP contribution in [-0.4, -0.2) is 41.2 Å². The highest BCUT2D eigenvalue weighted by Gasteiger charge is 2.40. The summed E-state index contributed by atoms with van der Waals surface area (Å²) in [5.74, 6) is 0.613. The number of rotatable bonds is 2. The second kappa shape index (κ2) is 8.62. The minimum atomic E-state index is -0.745. The van der Waals surface area contributed by atoms with Gasteiger partial charge in [0.1, 0.15) is 12.3 Å². The zero-order valence-electron chi connectivity index (χ0n) is 16.5. The number of carbonyl (C=O) groups is 1. The summed E-state index contributed by atoms with van der Waals surface area (Å²) in [5, 5.41) is 6.38. The van der Waals surface area contributed by atoms with Gasteiger partial charge in [0, 0.05) is 28.8 Å². The Hall–Kier alpha value is -0.920. The van der Waals surface area contributed by atoms with Crippen molar-refractivity contribution in [2.24, 2.45) is 16.8 Å². The first-order valence-electron chi connectivity index (χ1n) is 10.2. The molecular weight excluding hydrogens is 369 g/mol. The van der Waals surface area contributed by atoms with Crippen LogP contribution in [-0.2, 0) is 4.79 Å². The third kappa shape index (κ3) is 5.78. The van der Waals surface area contributed by atoms with Crippen molar-refractivity contribution in [2.75, 3.05) is 0 Å². The van der Waals surface area contributed by atoms with E-state index in [1.165, 1.54) is 0 Å². The van der Waals surface area contributed by atoms with Crippen LogP contribution in [0.3, 0.4) is 0 Å². The first kappa shape index (κ1) is 20.8. The highest BCUT2D eigenvalue weighted by molar-refractivity contribution is 6.20. The van der Waals surface area contributed by atoms with E-state index in [-0.39, 0.29) is 40.9 Å². The van der Waals surface area contributed by atoms with Crippen LogP contribution >= 0.6 is 11.6 Å². The van der Waals surface area contributed by atoms with E-state index in [0.717, 1.165) is 25.7 Å².